The van der Waals surface area contributed by atoms with E-state index in [4.69, 9.17) is 0 Å². The maximum Gasteiger partial charge on any atom is 0.139 e. The Hall–Kier alpha value is -1.55. The fraction of sp³-hybridized carbons (Fsp3) is 0.571. The van der Waals surface area contributed by atoms with Crippen LogP contribution < -0.4 is 0 Å². The first kappa shape index (κ1) is 14.1. The highest BCUT2D eigenvalue weighted by Crippen LogP contribution is 2.59. The maximum atomic E-state index is 12.4. The zero-order valence-electron chi connectivity index (χ0n) is 13.6. The van der Waals surface area contributed by atoms with Gasteiger partial charge in [-0.05, 0) is 80.0 Å². The minimum absolute atomic E-state index is 0.00764. The highest BCUT2D eigenvalue weighted by Gasteiger charge is 2.54. The summed E-state index contributed by atoms with van der Waals surface area (Å²) < 4.78 is 0. The molecule has 0 spiro atoms. The Morgan fingerprint density at radius 2 is 2.05 bits per heavy atom. The molecule has 0 N–H and O–H groups in total. The second-order valence-electron chi connectivity index (χ2n) is 7.62. The summed E-state index contributed by atoms with van der Waals surface area (Å²) in [6.45, 7) is 4.15. The van der Waals surface area contributed by atoms with E-state index in [0.717, 1.165) is 37.2 Å². The number of carbonyl (C=O) groups is 1. The summed E-state index contributed by atoms with van der Waals surface area (Å²) in [4.78, 5) is 12.4. The maximum absolute atomic E-state index is 12.4. The lowest BCUT2D eigenvalue weighted by atomic mass is 9.55. The smallest absolute Gasteiger partial charge is 0.139 e. The SMILES string of the molecule is CC#Cc1ccc2c(c1)CCC1C2CC[C@]2(C)C(=O)CCC12. The molecule has 1 aromatic rings. The fourth-order valence-electron chi connectivity index (χ4n) is 5.58. The summed E-state index contributed by atoms with van der Waals surface area (Å²) in [5.41, 5.74) is 4.21. The molecule has 4 atom stereocenters. The van der Waals surface area contributed by atoms with Gasteiger partial charge in [-0.15, -0.1) is 5.92 Å². The van der Waals surface area contributed by atoms with Crippen molar-refractivity contribution in [3.8, 4) is 11.8 Å². The van der Waals surface area contributed by atoms with E-state index in [1.165, 1.54) is 18.4 Å². The molecule has 1 aromatic carbocycles. The molecule has 3 aliphatic carbocycles. The molecule has 0 heterocycles. The molecule has 114 valence electrons. The van der Waals surface area contributed by atoms with Crippen molar-refractivity contribution < 1.29 is 4.79 Å². The van der Waals surface area contributed by atoms with E-state index >= 15 is 0 Å². The van der Waals surface area contributed by atoms with E-state index in [-0.39, 0.29) is 5.41 Å². The topological polar surface area (TPSA) is 17.1 Å². The first-order valence-corrected chi connectivity index (χ1v) is 8.72. The van der Waals surface area contributed by atoms with Gasteiger partial charge in [0.05, 0.1) is 0 Å². The first-order valence-electron chi connectivity index (χ1n) is 8.72. The van der Waals surface area contributed by atoms with Crippen LogP contribution in [-0.2, 0) is 11.2 Å². The van der Waals surface area contributed by atoms with Gasteiger partial charge in [0.1, 0.15) is 5.78 Å². The van der Waals surface area contributed by atoms with Gasteiger partial charge in [0.2, 0.25) is 0 Å². The largest absolute Gasteiger partial charge is 0.299 e. The summed E-state index contributed by atoms with van der Waals surface area (Å²) in [5, 5.41) is 0. The van der Waals surface area contributed by atoms with Crippen molar-refractivity contribution in [1.82, 2.24) is 0 Å². The van der Waals surface area contributed by atoms with Crippen molar-refractivity contribution in [3.63, 3.8) is 0 Å². The molecule has 3 aliphatic rings. The van der Waals surface area contributed by atoms with Gasteiger partial charge < -0.3 is 0 Å². The molecule has 0 aliphatic heterocycles. The van der Waals surface area contributed by atoms with Gasteiger partial charge in [-0.2, -0.15) is 0 Å². The predicted molar refractivity (Wildman–Crippen MR) is 88.6 cm³/mol. The Balaban J connectivity index is 1.70. The predicted octanol–water partition coefficient (Wildman–Crippen LogP) is 4.48. The molecular formula is C21H24O. The second-order valence-corrected chi connectivity index (χ2v) is 7.62. The molecule has 1 nitrogen and oxygen atoms in total. The lowest BCUT2D eigenvalue weighted by molar-refractivity contribution is -0.129. The molecular weight excluding hydrogens is 268 g/mol. The molecule has 0 amide bonds. The minimum Gasteiger partial charge on any atom is -0.299 e. The monoisotopic (exact) mass is 292 g/mol. The minimum atomic E-state index is -0.00764. The van der Waals surface area contributed by atoms with Crippen LogP contribution in [0.4, 0.5) is 0 Å². The number of ketones is 1. The van der Waals surface area contributed by atoms with Crippen LogP contribution >= 0.6 is 0 Å². The van der Waals surface area contributed by atoms with Gasteiger partial charge in [0, 0.05) is 17.4 Å². The van der Waals surface area contributed by atoms with E-state index < -0.39 is 0 Å². The number of Topliss-reactive ketones (excluding diaryl/α,β-unsaturated/α-hetero) is 1. The lowest BCUT2D eigenvalue weighted by Crippen LogP contribution is -2.42. The van der Waals surface area contributed by atoms with Crippen molar-refractivity contribution in [3.05, 3.63) is 34.9 Å². The van der Waals surface area contributed by atoms with Crippen molar-refractivity contribution in [2.45, 2.75) is 58.3 Å². The van der Waals surface area contributed by atoms with Crippen molar-refractivity contribution in [2.75, 3.05) is 0 Å². The Labute approximate surface area is 133 Å². The van der Waals surface area contributed by atoms with Crippen LogP contribution in [0.3, 0.4) is 0 Å². The summed E-state index contributed by atoms with van der Waals surface area (Å²) >= 11 is 0. The van der Waals surface area contributed by atoms with E-state index in [1.807, 2.05) is 6.92 Å². The van der Waals surface area contributed by atoms with E-state index in [2.05, 4.69) is 37.0 Å². The molecule has 2 saturated carbocycles. The number of fused-ring (bicyclic) bond motifs is 5. The summed E-state index contributed by atoms with van der Waals surface area (Å²) in [7, 11) is 0. The molecule has 0 radical (unpaired) electrons. The zero-order chi connectivity index (χ0) is 15.3. The van der Waals surface area contributed by atoms with Crippen LogP contribution in [0.2, 0.25) is 0 Å². The van der Waals surface area contributed by atoms with Crippen LogP contribution in [0, 0.1) is 29.1 Å². The highest BCUT2D eigenvalue weighted by molar-refractivity contribution is 5.87. The second kappa shape index (κ2) is 4.98. The van der Waals surface area contributed by atoms with Gasteiger partial charge in [0.15, 0.2) is 0 Å². The first-order chi connectivity index (χ1) is 10.6. The fourth-order valence-corrected chi connectivity index (χ4v) is 5.58. The van der Waals surface area contributed by atoms with Crippen molar-refractivity contribution in [2.24, 2.45) is 17.3 Å². The molecule has 0 bridgehead atoms. The van der Waals surface area contributed by atoms with E-state index in [0.29, 0.717) is 17.6 Å². The highest BCUT2D eigenvalue weighted by atomic mass is 16.1. The Morgan fingerprint density at radius 1 is 1.18 bits per heavy atom. The Morgan fingerprint density at radius 3 is 2.86 bits per heavy atom. The van der Waals surface area contributed by atoms with Crippen molar-refractivity contribution in [1.29, 1.82) is 0 Å². The summed E-state index contributed by atoms with van der Waals surface area (Å²) in [6, 6.07) is 6.81. The molecule has 1 heteroatoms. The third kappa shape index (κ3) is 1.89. The molecule has 3 unspecified atom stereocenters. The average Bonchev–Trinajstić information content (AvgIpc) is 2.83. The van der Waals surface area contributed by atoms with E-state index in [1.54, 1.807) is 5.56 Å². The third-order valence-electron chi connectivity index (χ3n) is 6.70. The lowest BCUT2D eigenvalue weighted by Gasteiger charge is -2.48. The molecule has 2 fully saturated rings. The van der Waals surface area contributed by atoms with E-state index in [9.17, 15) is 4.79 Å². The number of carbonyl (C=O) groups excluding carboxylic acids is 1. The Bertz CT molecular complexity index is 690. The number of benzene rings is 1. The standard InChI is InChI=1S/C21H24O/c1-3-4-14-5-7-16-15(13-14)6-8-18-17(16)11-12-21(2)19(18)9-10-20(21)22/h5,7,13,17-19H,6,8-12H2,1-2H3/t17?,18?,19?,21-/m0/s1. The van der Waals surface area contributed by atoms with Crippen LogP contribution in [0.5, 0.6) is 0 Å². The number of aryl methyl sites for hydroxylation is 1. The van der Waals surface area contributed by atoms with Crippen LogP contribution in [0.25, 0.3) is 0 Å². The van der Waals surface area contributed by atoms with Gasteiger partial charge in [-0.1, -0.05) is 18.9 Å². The van der Waals surface area contributed by atoms with Crippen LogP contribution in [-0.4, -0.2) is 5.78 Å². The van der Waals surface area contributed by atoms with Crippen molar-refractivity contribution >= 4 is 5.78 Å². The van der Waals surface area contributed by atoms with Gasteiger partial charge in [0.25, 0.3) is 0 Å². The zero-order valence-corrected chi connectivity index (χ0v) is 13.6. The van der Waals surface area contributed by atoms with Gasteiger partial charge in [-0.3, -0.25) is 4.79 Å². The summed E-state index contributed by atoms with van der Waals surface area (Å²) in [5.74, 6) is 8.75. The molecule has 4 rings (SSSR count). The molecule has 0 saturated heterocycles. The number of hydrogen-bond donors (Lipinski definition) is 0. The number of hydrogen-bond acceptors (Lipinski definition) is 1. The summed E-state index contributed by atoms with van der Waals surface area (Å²) in [6.07, 6.45) is 6.65. The third-order valence-corrected chi connectivity index (χ3v) is 6.70. The van der Waals surface area contributed by atoms with Crippen LogP contribution in [0.1, 0.15) is 68.6 Å². The molecule has 0 aromatic heterocycles. The number of rotatable bonds is 0. The quantitative estimate of drug-likeness (QED) is 0.644. The molecule has 22 heavy (non-hydrogen) atoms. The van der Waals surface area contributed by atoms with Crippen LogP contribution in [0.15, 0.2) is 18.2 Å². The Kier molecular flexibility index (Phi) is 3.19. The normalized spacial score (nSPS) is 35.9. The van der Waals surface area contributed by atoms with Gasteiger partial charge >= 0.3 is 0 Å². The van der Waals surface area contributed by atoms with Gasteiger partial charge in [-0.25, -0.2) is 0 Å². The average molecular weight is 292 g/mol.